The summed E-state index contributed by atoms with van der Waals surface area (Å²) in [4.78, 5) is 25.0. The van der Waals surface area contributed by atoms with Gasteiger partial charge in [-0.15, -0.1) is 0 Å². The first kappa shape index (κ1) is 28.5. The van der Waals surface area contributed by atoms with Crippen molar-refractivity contribution in [2.45, 2.75) is 32.6 Å². The number of halogens is 1. The summed E-state index contributed by atoms with van der Waals surface area (Å²) in [5.74, 6) is -0.126. The lowest BCUT2D eigenvalue weighted by Gasteiger charge is -2.17. The number of benzene rings is 3. The Morgan fingerprint density at radius 1 is 1.00 bits per heavy atom. The topological polar surface area (TPSA) is 88.8 Å². The molecule has 202 valence electrons. The molecule has 0 aliphatic carbocycles. The number of nitrogens with one attached hydrogen (secondary N) is 1. The van der Waals surface area contributed by atoms with E-state index in [1.54, 1.807) is 24.1 Å². The molecule has 0 bridgehead atoms. The van der Waals surface area contributed by atoms with E-state index in [0.29, 0.717) is 35.1 Å². The molecule has 0 unspecified atom stereocenters. The summed E-state index contributed by atoms with van der Waals surface area (Å²) in [5, 5.41) is 13.0. The SMILES string of the molecule is CSCC[C@H](NC(=O)c1ccc(COCc2occc2-c2ccc(Cl)cc2)cc1-c1ccccc1C)C(=O)O. The Morgan fingerprint density at radius 2 is 1.77 bits per heavy atom. The van der Waals surface area contributed by atoms with E-state index in [-0.39, 0.29) is 6.61 Å². The third kappa shape index (κ3) is 7.32. The van der Waals surface area contributed by atoms with Gasteiger partial charge in [-0.3, -0.25) is 4.79 Å². The fourth-order valence-electron chi connectivity index (χ4n) is 4.31. The maximum atomic E-state index is 13.3. The Kier molecular flexibility index (Phi) is 9.87. The van der Waals surface area contributed by atoms with Crippen LogP contribution in [0.15, 0.2) is 83.5 Å². The minimum Gasteiger partial charge on any atom is -0.480 e. The number of amides is 1. The lowest BCUT2D eigenvalue weighted by atomic mass is 9.93. The lowest BCUT2D eigenvalue weighted by molar-refractivity contribution is -0.139. The van der Waals surface area contributed by atoms with Crippen molar-refractivity contribution in [1.29, 1.82) is 0 Å². The van der Waals surface area contributed by atoms with Crippen LogP contribution in [0.3, 0.4) is 0 Å². The summed E-state index contributed by atoms with van der Waals surface area (Å²) in [7, 11) is 0. The van der Waals surface area contributed by atoms with Crippen molar-refractivity contribution in [3.8, 4) is 22.3 Å². The summed E-state index contributed by atoms with van der Waals surface area (Å²) in [5.41, 5.74) is 5.85. The van der Waals surface area contributed by atoms with E-state index in [0.717, 1.165) is 33.4 Å². The molecule has 0 saturated heterocycles. The number of ether oxygens (including phenoxy) is 1. The number of carbonyl (C=O) groups excluding carboxylic acids is 1. The zero-order valence-electron chi connectivity index (χ0n) is 21.8. The molecule has 6 nitrogen and oxygen atoms in total. The number of hydrogen-bond donors (Lipinski definition) is 2. The number of furan rings is 1. The molecule has 2 N–H and O–H groups in total. The van der Waals surface area contributed by atoms with E-state index < -0.39 is 17.9 Å². The van der Waals surface area contributed by atoms with E-state index >= 15 is 0 Å². The van der Waals surface area contributed by atoms with Crippen LogP contribution in [0.5, 0.6) is 0 Å². The predicted octanol–water partition coefficient (Wildman–Crippen LogP) is 7.23. The van der Waals surface area contributed by atoms with Crippen molar-refractivity contribution in [3.63, 3.8) is 0 Å². The van der Waals surface area contributed by atoms with Crippen LogP contribution >= 0.6 is 23.4 Å². The number of rotatable bonds is 12. The Hall–Kier alpha value is -3.52. The zero-order chi connectivity index (χ0) is 27.8. The highest BCUT2D eigenvalue weighted by Crippen LogP contribution is 2.30. The first-order valence-electron chi connectivity index (χ1n) is 12.5. The highest BCUT2D eigenvalue weighted by atomic mass is 35.5. The summed E-state index contributed by atoms with van der Waals surface area (Å²) >= 11 is 7.56. The van der Waals surface area contributed by atoms with Crippen LogP contribution in [-0.4, -0.2) is 35.0 Å². The van der Waals surface area contributed by atoms with Crippen LogP contribution in [0.25, 0.3) is 22.3 Å². The van der Waals surface area contributed by atoms with Gasteiger partial charge in [0.2, 0.25) is 0 Å². The van der Waals surface area contributed by atoms with Gasteiger partial charge in [-0.25, -0.2) is 4.79 Å². The quantitative estimate of drug-likeness (QED) is 0.189. The van der Waals surface area contributed by atoms with Crippen molar-refractivity contribution in [3.05, 3.63) is 107 Å². The second kappa shape index (κ2) is 13.5. The summed E-state index contributed by atoms with van der Waals surface area (Å²) in [6, 6.07) is 21.8. The molecule has 1 heterocycles. The van der Waals surface area contributed by atoms with Gasteiger partial charge in [0.1, 0.15) is 18.4 Å². The number of aliphatic carboxylic acids is 1. The Balaban J connectivity index is 1.54. The monoisotopic (exact) mass is 563 g/mol. The molecule has 0 spiro atoms. The Bertz CT molecular complexity index is 1430. The normalized spacial score (nSPS) is 11.8. The smallest absolute Gasteiger partial charge is 0.326 e. The molecule has 0 fully saturated rings. The average Bonchev–Trinajstić information content (AvgIpc) is 3.40. The third-order valence-corrected chi connectivity index (χ3v) is 7.28. The molecular weight excluding hydrogens is 534 g/mol. The standard InChI is InChI=1S/C31H30ClNO5S/c1-20-5-3-4-6-24(20)27-17-21(7-12-26(27)30(34)33-28(31(35)36)14-16-39-2)18-37-19-29-25(13-15-38-29)22-8-10-23(32)11-9-22/h3-13,15,17,28H,14,16,18-19H2,1-2H3,(H,33,34)(H,35,36)/t28-/m0/s1. The maximum absolute atomic E-state index is 13.3. The Labute approximate surface area is 237 Å². The van der Waals surface area contributed by atoms with E-state index in [2.05, 4.69) is 5.32 Å². The molecule has 3 aromatic carbocycles. The molecule has 0 radical (unpaired) electrons. The van der Waals surface area contributed by atoms with Crippen molar-refractivity contribution < 1.29 is 23.8 Å². The fourth-order valence-corrected chi connectivity index (χ4v) is 4.90. The lowest BCUT2D eigenvalue weighted by Crippen LogP contribution is -2.41. The summed E-state index contributed by atoms with van der Waals surface area (Å²) in [6.45, 7) is 2.55. The molecule has 1 atom stereocenters. The van der Waals surface area contributed by atoms with E-state index in [1.807, 2.05) is 79.9 Å². The van der Waals surface area contributed by atoms with Crippen LogP contribution in [-0.2, 0) is 22.7 Å². The molecule has 39 heavy (non-hydrogen) atoms. The predicted molar refractivity (Wildman–Crippen MR) is 156 cm³/mol. The van der Waals surface area contributed by atoms with E-state index in [1.165, 1.54) is 0 Å². The van der Waals surface area contributed by atoms with E-state index in [4.69, 9.17) is 20.8 Å². The average molecular weight is 564 g/mol. The van der Waals surface area contributed by atoms with Gasteiger partial charge >= 0.3 is 5.97 Å². The minimum absolute atomic E-state index is 0.266. The maximum Gasteiger partial charge on any atom is 0.326 e. The molecule has 0 saturated carbocycles. The number of thioether (sulfide) groups is 1. The molecule has 4 aromatic rings. The number of carbonyl (C=O) groups is 2. The molecule has 1 aromatic heterocycles. The highest BCUT2D eigenvalue weighted by Gasteiger charge is 2.23. The van der Waals surface area contributed by atoms with Gasteiger partial charge in [0, 0.05) is 16.1 Å². The molecular formula is C31H30ClNO5S. The molecule has 8 heteroatoms. The highest BCUT2D eigenvalue weighted by molar-refractivity contribution is 7.98. The van der Waals surface area contributed by atoms with E-state index in [9.17, 15) is 14.7 Å². The van der Waals surface area contributed by atoms with Gasteiger partial charge < -0.3 is 19.6 Å². The van der Waals surface area contributed by atoms with Gasteiger partial charge in [-0.1, -0.05) is 54.1 Å². The first-order chi connectivity index (χ1) is 18.9. The summed E-state index contributed by atoms with van der Waals surface area (Å²) < 4.78 is 11.7. The van der Waals surface area contributed by atoms with Crippen LogP contribution in [0.4, 0.5) is 0 Å². The molecule has 0 aliphatic rings. The first-order valence-corrected chi connectivity index (χ1v) is 14.3. The van der Waals surface area contributed by atoms with Crippen LogP contribution in [0.2, 0.25) is 5.02 Å². The van der Waals surface area contributed by atoms with Crippen LogP contribution in [0.1, 0.15) is 33.7 Å². The zero-order valence-corrected chi connectivity index (χ0v) is 23.4. The second-order valence-corrected chi connectivity index (χ2v) is 10.5. The van der Waals surface area contributed by atoms with Crippen LogP contribution in [0, 0.1) is 6.92 Å². The number of carboxylic acid groups (broad SMARTS) is 1. The number of hydrogen-bond acceptors (Lipinski definition) is 5. The summed E-state index contributed by atoms with van der Waals surface area (Å²) in [6.07, 6.45) is 3.89. The largest absolute Gasteiger partial charge is 0.480 e. The van der Waals surface area contributed by atoms with Crippen LogP contribution < -0.4 is 5.32 Å². The van der Waals surface area contributed by atoms with Gasteiger partial charge in [0.15, 0.2) is 0 Å². The molecule has 0 aliphatic heterocycles. The number of carboxylic acids is 1. The Morgan fingerprint density at radius 3 is 2.49 bits per heavy atom. The van der Waals surface area contributed by atoms with Crippen molar-refractivity contribution >= 4 is 35.2 Å². The van der Waals surface area contributed by atoms with Gasteiger partial charge in [0.05, 0.1) is 12.9 Å². The van der Waals surface area contributed by atoms with Crippen molar-refractivity contribution in [2.24, 2.45) is 0 Å². The number of aryl methyl sites for hydroxylation is 1. The second-order valence-electron chi connectivity index (χ2n) is 9.10. The van der Waals surface area contributed by atoms with Gasteiger partial charge in [-0.2, -0.15) is 11.8 Å². The molecule has 4 rings (SSSR count). The van der Waals surface area contributed by atoms with Gasteiger partial charge in [-0.05, 0) is 83.5 Å². The fraction of sp³-hybridized carbons (Fsp3) is 0.226. The van der Waals surface area contributed by atoms with Crippen molar-refractivity contribution in [2.75, 3.05) is 12.0 Å². The minimum atomic E-state index is -1.05. The van der Waals surface area contributed by atoms with Gasteiger partial charge in [0.25, 0.3) is 5.91 Å². The molecule has 1 amide bonds. The third-order valence-electron chi connectivity index (χ3n) is 6.38. The van der Waals surface area contributed by atoms with Crippen molar-refractivity contribution in [1.82, 2.24) is 5.32 Å².